The van der Waals surface area contributed by atoms with Gasteiger partial charge in [-0.05, 0) is 73.0 Å². The summed E-state index contributed by atoms with van der Waals surface area (Å²) in [6.07, 6.45) is 3.05. The summed E-state index contributed by atoms with van der Waals surface area (Å²) >= 11 is 5.86. The van der Waals surface area contributed by atoms with Crippen LogP contribution in [-0.2, 0) is 0 Å². The molecule has 0 radical (unpaired) electrons. The van der Waals surface area contributed by atoms with Crippen molar-refractivity contribution in [3.05, 3.63) is 59.4 Å². The van der Waals surface area contributed by atoms with Crippen molar-refractivity contribution in [2.75, 3.05) is 38.6 Å². The van der Waals surface area contributed by atoms with Crippen molar-refractivity contribution in [1.82, 2.24) is 9.80 Å². The van der Waals surface area contributed by atoms with Crippen LogP contribution < -0.4 is 10.1 Å². The highest BCUT2D eigenvalue weighted by molar-refractivity contribution is 7.80. The number of nitrogens with zero attached hydrogens (tertiary/aromatic N) is 2. The molecule has 6 nitrogen and oxygen atoms in total. The number of rotatable bonds is 4. The summed E-state index contributed by atoms with van der Waals surface area (Å²) in [5.41, 5.74) is 4.47. The van der Waals surface area contributed by atoms with Gasteiger partial charge >= 0.3 is 0 Å². The molecule has 190 valence electrons. The Bertz CT molecular complexity index is 1290. The zero-order valence-electron chi connectivity index (χ0n) is 21.6. The number of para-hydroxylation sites is 2. The van der Waals surface area contributed by atoms with Gasteiger partial charge in [-0.1, -0.05) is 44.2 Å². The molecule has 2 fully saturated rings. The third kappa shape index (κ3) is 4.57. The number of hydrogen-bond acceptors (Lipinski definition) is 4. The summed E-state index contributed by atoms with van der Waals surface area (Å²) in [5.74, 6) is 1.40. The number of benzene rings is 2. The van der Waals surface area contributed by atoms with Crippen molar-refractivity contribution >= 4 is 39.9 Å². The van der Waals surface area contributed by atoms with E-state index in [0.29, 0.717) is 23.0 Å². The molecule has 0 saturated carbocycles. The third-order valence-corrected chi connectivity index (χ3v) is 8.29. The summed E-state index contributed by atoms with van der Waals surface area (Å²) in [6.45, 7) is 9.91. The molecule has 36 heavy (non-hydrogen) atoms. The van der Waals surface area contributed by atoms with Crippen LogP contribution in [0.15, 0.2) is 46.9 Å². The van der Waals surface area contributed by atoms with Gasteiger partial charge in [0.05, 0.1) is 7.11 Å². The molecule has 2 aromatic carbocycles. The molecule has 1 N–H and O–H groups in total. The largest absolute Gasteiger partial charge is 0.493 e. The van der Waals surface area contributed by atoms with E-state index in [-0.39, 0.29) is 11.3 Å². The van der Waals surface area contributed by atoms with E-state index in [1.165, 1.54) is 11.1 Å². The van der Waals surface area contributed by atoms with Crippen LogP contribution in [0.5, 0.6) is 5.75 Å². The Labute approximate surface area is 218 Å². The van der Waals surface area contributed by atoms with Crippen LogP contribution in [0.4, 0.5) is 5.69 Å². The molecule has 1 spiro atoms. The highest BCUT2D eigenvalue weighted by Crippen LogP contribution is 2.41. The maximum absolute atomic E-state index is 13.2. The van der Waals surface area contributed by atoms with Crippen molar-refractivity contribution in [2.24, 2.45) is 5.41 Å². The van der Waals surface area contributed by atoms with Crippen molar-refractivity contribution in [3.63, 3.8) is 0 Å². The van der Waals surface area contributed by atoms with Gasteiger partial charge in [0.15, 0.2) is 22.2 Å². The first-order chi connectivity index (χ1) is 17.3. The Kier molecular flexibility index (Phi) is 6.68. The standard InChI is InChI=1S/C29H35N3O3S/c1-19(2)22-9-5-7-20(3)25(22)30-28(36)32-16-13-29(18-32)11-14-31(15-12-29)27(33)24-17-21-8-6-10-23(34-4)26(21)35-24/h5-10,17,19H,11-16,18H2,1-4H3,(H,30,36). The Morgan fingerprint density at radius 1 is 1.08 bits per heavy atom. The number of likely N-dealkylation sites (tertiary alicyclic amines) is 2. The number of furan rings is 1. The number of fused-ring (bicyclic) bond motifs is 1. The first kappa shape index (κ1) is 24.6. The van der Waals surface area contributed by atoms with Gasteiger partial charge < -0.3 is 24.3 Å². The van der Waals surface area contributed by atoms with E-state index in [0.717, 1.165) is 61.6 Å². The highest BCUT2D eigenvalue weighted by Gasteiger charge is 2.42. The van der Waals surface area contributed by atoms with E-state index in [1.807, 2.05) is 29.2 Å². The normalized spacial score (nSPS) is 17.2. The van der Waals surface area contributed by atoms with Crippen molar-refractivity contribution in [2.45, 2.75) is 46.0 Å². The number of hydrogen-bond donors (Lipinski definition) is 1. The number of carbonyl (C=O) groups excluding carboxylic acids is 1. The van der Waals surface area contributed by atoms with E-state index in [2.05, 4.69) is 49.2 Å². The number of carbonyl (C=O) groups is 1. The van der Waals surface area contributed by atoms with Crippen LogP contribution >= 0.6 is 12.2 Å². The van der Waals surface area contributed by atoms with Gasteiger partial charge in [0.2, 0.25) is 0 Å². The molecule has 1 amide bonds. The number of aryl methyl sites for hydroxylation is 1. The first-order valence-electron chi connectivity index (χ1n) is 12.8. The van der Waals surface area contributed by atoms with Gasteiger partial charge in [0, 0.05) is 37.3 Å². The van der Waals surface area contributed by atoms with Gasteiger partial charge in [-0.3, -0.25) is 4.79 Å². The number of thiocarbonyl (C=S) groups is 1. The van der Waals surface area contributed by atoms with Crippen molar-refractivity contribution < 1.29 is 13.9 Å². The molecule has 3 aromatic rings. The van der Waals surface area contributed by atoms with Crippen LogP contribution in [0.3, 0.4) is 0 Å². The number of anilines is 1. The molecule has 2 aliphatic heterocycles. The fraction of sp³-hybridized carbons (Fsp3) is 0.448. The van der Waals surface area contributed by atoms with E-state index >= 15 is 0 Å². The maximum Gasteiger partial charge on any atom is 0.289 e. The Morgan fingerprint density at radius 2 is 1.78 bits per heavy atom. The lowest BCUT2D eigenvalue weighted by Crippen LogP contribution is -2.45. The molecule has 3 heterocycles. The summed E-state index contributed by atoms with van der Waals surface area (Å²) in [6, 6.07) is 13.9. The lowest BCUT2D eigenvalue weighted by molar-refractivity contribution is 0.0571. The quantitative estimate of drug-likeness (QED) is 0.426. The second-order valence-corrected chi connectivity index (χ2v) is 11.0. The van der Waals surface area contributed by atoms with Crippen LogP contribution in [-0.4, -0.2) is 54.1 Å². The fourth-order valence-corrected chi connectivity index (χ4v) is 5.95. The SMILES string of the molecule is COc1cccc2cc(C(=O)N3CCC4(CC3)CCN(C(=S)Nc3c(C)cccc3C(C)C)C4)oc12. The highest BCUT2D eigenvalue weighted by atomic mass is 32.1. The minimum atomic E-state index is -0.0455. The number of nitrogens with one attached hydrogen (secondary N) is 1. The number of ether oxygens (including phenoxy) is 1. The van der Waals surface area contributed by atoms with E-state index in [4.69, 9.17) is 21.4 Å². The predicted molar refractivity (Wildman–Crippen MR) is 148 cm³/mol. The second kappa shape index (κ2) is 9.77. The Balaban J connectivity index is 1.22. The molecule has 0 unspecified atom stereocenters. The number of piperidine rings is 1. The Hall–Kier alpha value is -3.06. The van der Waals surface area contributed by atoms with E-state index < -0.39 is 0 Å². The summed E-state index contributed by atoms with van der Waals surface area (Å²) in [4.78, 5) is 17.5. The summed E-state index contributed by atoms with van der Waals surface area (Å²) < 4.78 is 11.3. The molecule has 7 heteroatoms. The maximum atomic E-state index is 13.2. The second-order valence-electron chi connectivity index (χ2n) is 10.6. The van der Waals surface area contributed by atoms with E-state index in [9.17, 15) is 4.79 Å². The molecular formula is C29H35N3O3S. The van der Waals surface area contributed by atoms with Gasteiger partial charge in [-0.2, -0.15) is 0 Å². The molecule has 1 aromatic heterocycles. The zero-order valence-corrected chi connectivity index (χ0v) is 22.4. The predicted octanol–water partition coefficient (Wildman–Crippen LogP) is 6.20. The molecular weight excluding hydrogens is 470 g/mol. The van der Waals surface area contributed by atoms with Gasteiger partial charge in [-0.25, -0.2) is 0 Å². The monoisotopic (exact) mass is 505 g/mol. The molecule has 0 atom stereocenters. The number of methoxy groups -OCH3 is 1. The molecule has 2 aliphatic rings. The van der Waals surface area contributed by atoms with Crippen LogP contribution in [0.1, 0.15) is 60.7 Å². The number of amides is 1. The van der Waals surface area contributed by atoms with Crippen LogP contribution in [0, 0.1) is 12.3 Å². The van der Waals surface area contributed by atoms with E-state index in [1.54, 1.807) is 7.11 Å². The minimum absolute atomic E-state index is 0.0455. The molecule has 2 saturated heterocycles. The smallest absolute Gasteiger partial charge is 0.289 e. The topological polar surface area (TPSA) is 58.0 Å². The zero-order chi connectivity index (χ0) is 25.4. The van der Waals surface area contributed by atoms with Gasteiger partial charge in [0.1, 0.15) is 0 Å². The van der Waals surface area contributed by atoms with Gasteiger partial charge in [0.25, 0.3) is 5.91 Å². The van der Waals surface area contributed by atoms with Crippen LogP contribution in [0.25, 0.3) is 11.0 Å². The Morgan fingerprint density at radius 3 is 2.47 bits per heavy atom. The molecule has 5 rings (SSSR count). The lowest BCUT2D eigenvalue weighted by atomic mass is 9.78. The lowest BCUT2D eigenvalue weighted by Gasteiger charge is -2.39. The van der Waals surface area contributed by atoms with Crippen LogP contribution in [0.2, 0.25) is 0 Å². The van der Waals surface area contributed by atoms with Gasteiger partial charge in [-0.15, -0.1) is 0 Å². The average molecular weight is 506 g/mol. The first-order valence-corrected chi connectivity index (χ1v) is 13.2. The van der Waals surface area contributed by atoms with Crippen molar-refractivity contribution in [1.29, 1.82) is 0 Å². The third-order valence-electron chi connectivity index (χ3n) is 7.93. The fourth-order valence-electron chi connectivity index (χ4n) is 5.69. The summed E-state index contributed by atoms with van der Waals surface area (Å²) in [7, 11) is 1.61. The summed E-state index contributed by atoms with van der Waals surface area (Å²) in [5, 5.41) is 5.25. The molecule has 0 aliphatic carbocycles. The molecule has 0 bridgehead atoms. The average Bonchev–Trinajstić information content (AvgIpc) is 3.50. The van der Waals surface area contributed by atoms with Crippen molar-refractivity contribution in [3.8, 4) is 5.75 Å². The minimum Gasteiger partial charge on any atom is -0.493 e.